The summed E-state index contributed by atoms with van der Waals surface area (Å²) in [5.74, 6) is 0.170. The summed E-state index contributed by atoms with van der Waals surface area (Å²) < 4.78 is 5.34. The number of anilines is 1. The molecule has 0 aliphatic rings. The Kier molecular flexibility index (Phi) is 6.43. The molecule has 0 aliphatic heterocycles. The van der Waals surface area contributed by atoms with Gasteiger partial charge in [-0.1, -0.05) is 29.3 Å². The van der Waals surface area contributed by atoms with E-state index in [2.05, 4.69) is 10.6 Å². The predicted octanol–water partition coefficient (Wildman–Crippen LogP) is 4.83. The van der Waals surface area contributed by atoms with Crippen LogP contribution in [0.25, 0.3) is 0 Å². The van der Waals surface area contributed by atoms with Crippen LogP contribution >= 0.6 is 35.4 Å². The van der Waals surface area contributed by atoms with Crippen LogP contribution in [-0.2, 0) is 0 Å². The number of carbonyl (C=O) groups is 1. The van der Waals surface area contributed by atoms with E-state index in [-0.39, 0.29) is 11.0 Å². The van der Waals surface area contributed by atoms with Crippen molar-refractivity contribution in [1.82, 2.24) is 5.32 Å². The van der Waals surface area contributed by atoms with Crippen molar-refractivity contribution in [3.05, 3.63) is 57.6 Å². The van der Waals surface area contributed by atoms with E-state index in [4.69, 9.17) is 40.2 Å². The summed E-state index contributed by atoms with van der Waals surface area (Å²) in [4.78, 5) is 12.3. The highest BCUT2D eigenvalue weighted by atomic mass is 35.5. The van der Waals surface area contributed by atoms with Crippen molar-refractivity contribution in [2.75, 3.05) is 11.9 Å². The van der Waals surface area contributed by atoms with Crippen LogP contribution in [0, 0.1) is 6.92 Å². The first-order valence-electron chi connectivity index (χ1n) is 7.22. The van der Waals surface area contributed by atoms with Crippen LogP contribution in [-0.4, -0.2) is 17.6 Å². The van der Waals surface area contributed by atoms with Gasteiger partial charge in [0.2, 0.25) is 0 Å². The molecular weight excluding hydrogens is 367 g/mol. The van der Waals surface area contributed by atoms with E-state index in [0.29, 0.717) is 28.0 Å². The van der Waals surface area contributed by atoms with Gasteiger partial charge in [0.1, 0.15) is 5.75 Å². The molecule has 0 aliphatic carbocycles. The molecule has 0 saturated heterocycles. The zero-order valence-corrected chi connectivity index (χ0v) is 15.5. The molecule has 0 bridgehead atoms. The molecule has 2 aromatic rings. The normalized spacial score (nSPS) is 10.2. The summed E-state index contributed by atoms with van der Waals surface area (Å²) in [5, 5.41) is 6.73. The maximum Gasteiger partial charge on any atom is 0.257 e. The van der Waals surface area contributed by atoms with Gasteiger partial charge in [-0.25, -0.2) is 0 Å². The topological polar surface area (TPSA) is 50.4 Å². The SMILES string of the molecule is CCOc1ccc(C(=O)NC(=S)Nc2cccc(Cl)c2C)cc1Cl. The highest BCUT2D eigenvalue weighted by Crippen LogP contribution is 2.25. The lowest BCUT2D eigenvalue weighted by Gasteiger charge is -2.13. The van der Waals surface area contributed by atoms with E-state index >= 15 is 0 Å². The Morgan fingerprint density at radius 3 is 2.62 bits per heavy atom. The molecule has 0 spiro atoms. The molecule has 2 aromatic carbocycles. The van der Waals surface area contributed by atoms with Gasteiger partial charge in [-0.2, -0.15) is 0 Å². The Bertz CT molecular complexity index is 781. The summed E-state index contributed by atoms with van der Waals surface area (Å²) in [6, 6.07) is 10.2. The van der Waals surface area contributed by atoms with Crippen molar-refractivity contribution in [2.24, 2.45) is 0 Å². The molecule has 126 valence electrons. The number of benzene rings is 2. The van der Waals surface area contributed by atoms with E-state index in [1.807, 2.05) is 19.9 Å². The molecule has 0 unspecified atom stereocenters. The van der Waals surface area contributed by atoms with Crippen molar-refractivity contribution in [1.29, 1.82) is 0 Å². The minimum Gasteiger partial charge on any atom is -0.492 e. The molecule has 2 rings (SSSR count). The number of nitrogens with one attached hydrogen (secondary N) is 2. The van der Waals surface area contributed by atoms with Gasteiger partial charge in [0.25, 0.3) is 5.91 Å². The van der Waals surface area contributed by atoms with Crippen molar-refractivity contribution >= 4 is 52.1 Å². The Hall–Kier alpha value is -1.82. The molecule has 1 amide bonds. The van der Waals surface area contributed by atoms with Gasteiger partial charge < -0.3 is 10.1 Å². The quantitative estimate of drug-likeness (QED) is 0.743. The number of halogens is 2. The Labute approximate surface area is 156 Å². The molecule has 0 fully saturated rings. The summed E-state index contributed by atoms with van der Waals surface area (Å²) in [7, 11) is 0. The van der Waals surface area contributed by atoms with Gasteiger partial charge in [-0.15, -0.1) is 0 Å². The fourth-order valence-electron chi connectivity index (χ4n) is 1.99. The first-order chi connectivity index (χ1) is 11.4. The van der Waals surface area contributed by atoms with E-state index < -0.39 is 0 Å². The second-order valence-electron chi connectivity index (χ2n) is 4.90. The van der Waals surface area contributed by atoms with Crippen LogP contribution in [0.5, 0.6) is 5.75 Å². The van der Waals surface area contributed by atoms with Crippen molar-refractivity contribution in [3.8, 4) is 5.75 Å². The maximum absolute atomic E-state index is 12.3. The van der Waals surface area contributed by atoms with Gasteiger partial charge in [0.15, 0.2) is 5.11 Å². The third kappa shape index (κ3) is 4.60. The van der Waals surface area contributed by atoms with E-state index in [1.54, 1.807) is 24.3 Å². The number of hydrogen-bond acceptors (Lipinski definition) is 3. The number of ether oxygens (including phenoxy) is 1. The summed E-state index contributed by atoms with van der Waals surface area (Å²) in [5.41, 5.74) is 1.97. The largest absolute Gasteiger partial charge is 0.492 e. The Balaban J connectivity index is 2.05. The Morgan fingerprint density at radius 2 is 1.96 bits per heavy atom. The fourth-order valence-corrected chi connectivity index (χ4v) is 2.60. The monoisotopic (exact) mass is 382 g/mol. The van der Waals surface area contributed by atoms with Crippen molar-refractivity contribution < 1.29 is 9.53 Å². The van der Waals surface area contributed by atoms with E-state index in [0.717, 1.165) is 11.3 Å². The average molecular weight is 383 g/mol. The van der Waals surface area contributed by atoms with Gasteiger partial charge in [-0.3, -0.25) is 10.1 Å². The predicted molar refractivity (Wildman–Crippen MR) is 102 cm³/mol. The highest BCUT2D eigenvalue weighted by Gasteiger charge is 2.12. The average Bonchev–Trinajstić information content (AvgIpc) is 2.54. The van der Waals surface area contributed by atoms with Crippen LogP contribution in [0.2, 0.25) is 10.0 Å². The lowest BCUT2D eigenvalue weighted by atomic mass is 10.2. The standard InChI is InChI=1S/C17H16Cl2N2O2S/c1-3-23-15-8-7-11(9-13(15)19)16(22)21-17(24)20-14-6-4-5-12(18)10(14)2/h4-9H,3H2,1-2H3,(H2,20,21,22,24). The maximum atomic E-state index is 12.3. The molecule has 0 atom stereocenters. The molecule has 0 radical (unpaired) electrons. The van der Waals surface area contributed by atoms with Crippen LogP contribution in [0.1, 0.15) is 22.8 Å². The number of hydrogen-bond donors (Lipinski definition) is 2. The van der Waals surface area contributed by atoms with E-state index in [9.17, 15) is 4.79 Å². The molecule has 0 aromatic heterocycles. The van der Waals surface area contributed by atoms with Gasteiger partial charge in [0, 0.05) is 16.3 Å². The number of thiocarbonyl (C=S) groups is 1. The van der Waals surface area contributed by atoms with Crippen LogP contribution in [0.15, 0.2) is 36.4 Å². The lowest BCUT2D eigenvalue weighted by molar-refractivity contribution is 0.0977. The highest BCUT2D eigenvalue weighted by molar-refractivity contribution is 7.80. The molecule has 24 heavy (non-hydrogen) atoms. The number of amides is 1. The van der Waals surface area contributed by atoms with Gasteiger partial charge in [-0.05, 0) is 62.0 Å². The first kappa shape index (κ1) is 18.5. The second-order valence-corrected chi connectivity index (χ2v) is 6.12. The summed E-state index contributed by atoms with van der Waals surface area (Å²) in [6.45, 7) is 4.22. The zero-order valence-electron chi connectivity index (χ0n) is 13.2. The van der Waals surface area contributed by atoms with Crippen LogP contribution in [0.3, 0.4) is 0 Å². The van der Waals surface area contributed by atoms with E-state index in [1.165, 1.54) is 6.07 Å². The molecular formula is C17H16Cl2N2O2S. The summed E-state index contributed by atoms with van der Waals surface area (Å²) >= 11 is 17.3. The third-order valence-corrected chi connectivity index (χ3v) is 4.15. The second kappa shape index (κ2) is 8.33. The van der Waals surface area contributed by atoms with Crippen LogP contribution < -0.4 is 15.4 Å². The fraction of sp³-hybridized carbons (Fsp3) is 0.176. The molecule has 0 saturated carbocycles. The minimum absolute atomic E-state index is 0.176. The van der Waals surface area contributed by atoms with Crippen LogP contribution in [0.4, 0.5) is 5.69 Å². The first-order valence-corrected chi connectivity index (χ1v) is 8.38. The minimum atomic E-state index is -0.364. The van der Waals surface area contributed by atoms with Gasteiger partial charge >= 0.3 is 0 Å². The molecule has 2 N–H and O–H groups in total. The Morgan fingerprint density at radius 1 is 1.21 bits per heavy atom. The lowest BCUT2D eigenvalue weighted by Crippen LogP contribution is -2.34. The molecule has 0 heterocycles. The number of carbonyl (C=O) groups excluding carboxylic acids is 1. The van der Waals surface area contributed by atoms with Crippen molar-refractivity contribution in [2.45, 2.75) is 13.8 Å². The van der Waals surface area contributed by atoms with Crippen molar-refractivity contribution in [3.63, 3.8) is 0 Å². The van der Waals surface area contributed by atoms with Gasteiger partial charge in [0.05, 0.1) is 11.6 Å². The summed E-state index contributed by atoms with van der Waals surface area (Å²) in [6.07, 6.45) is 0. The third-order valence-electron chi connectivity index (χ3n) is 3.24. The number of rotatable bonds is 4. The molecule has 7 heteroatoms. The molecule has 4 nitrogen and oxygen atoms in total. The zero-order chi connectivity index (χ0) is 17.7. The smallest absolute Gasteiger partial charge is 0.257 e.